The topological polar surface area (TPSA) is 41.6 Å². The van der Waals surface area contributed by atoms with Crippen LogP contribution >= 0.6 is 11.6 Å². The molecule has 0 atom stereocenters. The number of hydrogen-bond donors (Lipinski definition) is 1. The van der Waals surface area contributed by atoms with E-state index in [1.807, 2.05) is 0 Å². The number of carbonyl (C=O) groups excluding carboxylic acids is 1. The average Bonchev–Trinajstić information content (AvgIpc) is 2.22. The van der Waals surface area contributed by atoms with Gasteiger partial charge in [0.05, 0.1) is 12.1 Å². The van der Waals surface area contributed by atoms with E-state index in [4.69, 9.17) is 11.6 Å². The fraction of sp³-hybridized carbons (Fsp3) is 0.222. The lowest BCUT2D eigenvalue weighted by molar-refractivity contribution is -0.0598. The van der Waals surface area contributed by atoms with Gasteiger partial charge in [0.1, 0.15) is 5.82 Å². The van der Waals surface area contributed by atoms with Crippen LogP contribution in [0.25, 0.3) is 0 Å². The summed E-state index contributed by atoms with van der Waals surface area (Å²) in [5.41, 5.74) is 0.311. The van der Waals surface area contributed by atoms with Crippen molar-refractivity contribution >= 4 is 23.3 Å². The van der Waals surface area contributed by atoms with Crippen LogP contribution in [-0.4, -0.2) is 25.3 Å². The summed E-state index contributed by atoms with van der Waals surface area (Å²) < 4.78 is 13.0. The van der Waals surface area contributed by atoms with Crippen LogP contribution in [0.5, 0.6) is 0 Å². The molecule has 15 heavy (non-hydrogen) atoms. The molecular weight excluding hydrogens is 223 g/mol. The van der Waals surface area contributed by atoms with Gasteiger partial charge in [-0.15, -0.1) is 0 Å². The van der Waals surface area contributed by atoms with Gasteiger partial charge in [-0.05, 0) is 18.2 Å². The normalized spacial score (nSPS) is 9.87. The van der Waals surface area contributed by atoms with Crippen molar-refractivity contribution < 1.29 is 14.0 Å². The molecule has 0 aromatic heterocycles. The Bertz CT molecular complexity index is 373. The third-order valence-electron chi connectivity index (χ3n) is 1.73. The zero-order valence-electron chi connectivity index (χ0n) is 8.25. The number of nitrogens with one attached hydrogen (secondary N) is 1. The van der Waals surface area contributed by atoms with Crippen molar-refractivity contribution in [1.29, 1.82) is 0 Å². The first-order valence-electron chi connectivity index (χ1n) is 4.08. The molecule has 0 aliphatic heterocycles. The number of urea groups is 1. The van der Waals surface area contributed by atoms with Gasteiger partial charge in [-0.2, -0.15) is 0 Å². The lowest BCUT2D eigenvalue weighted by Gasteiger charge is -2.14. The number of halogens is 2. The van der Waals surface area contributed by atoms with E-state index in [0.717, 1.165) is 11.1 Å². The molecule has 4 nitrogen and oxygen atoms in total. The highest BCUT2D eigenvalue weighted by molar-refractivity contribution is 6.30. The Balaban J connectivity index is 2.73. The highest BCUT2D eigenvalue weighted by atomic mass is 35.5. The van der Waals surface area contributed by atoms with Crippen LogP contribution in [0.3, 0.4) is 0 Å². The molecule has 1 aromatic carbocycles. The van der Waals surface area contributed by atoms with Gasteiger partial charge in [0.25, 0.3) is 0 Å². The molecule has 1 rings (SSSR count). The van der Waals surface area contributed by atoms with Gasteiger partial charge >= 0.3 is 6.03 Å². The first kappa shape index (κ1) is 11.7. The number of benzene rings is 1. The Hall–Kier alpha value is -1.33. The summed E-state index contributed by atoms with van der Waals surface area (Å²) in [6, 6.07) is 3.48. The maximum absolute atomic E-state index is 13.0. The van der Waals surface area contributed by atoms with E-state index in [2.05, 4.69) is 10.2 Å². The largest absolute Gasteiger partial charge is 0.345 e. The van der Waals surface area contributed by atoms with Gasteiger partial charge in [0, 0.05) is 12.7 Å². The molecule has 2 amide bonds. The van der Waals surface area contributed by atoms with Crippen molar-refractivity contribution in [3.63, 3.8) is 0 Å². The minimum atomic E-state index is -0.588. The Labute approximate surface area is 91.5 Å². The molecule has 0 unspecified atom stereocenters. The molecule has 82 valence electrons. The lowest BCUT2D eigenvalue weighted by atomic mass is 10.3. The fourth-order valence-electron chi connectivity index (χ4n) is 0.859. The molecule has 0 heterocycles. The Kier molecular flexibility index (Phi) is 3.88. The Morgan fingerprint density at radius 3 is 2.80 bits per heavy atom. The second kappa shape index (κ2) is 4.95. The third-order valence-corrected chi connectivity index (χ3v) is 2.04. The molecule has 0 aliphatic rings. The summed E-state index contributed by atoms with van der Waals surface area (Å²) in [4.78, 5) is 15.9. The van der Waals surface area contributed by atoms with Gasteiger partial charge in [-0.1, -0.05) is 11.6 Å². The minimum absolute atomic E-state index is 0.00750. The Morgan fingerprint density at radius 1 is 1.60 bits per heavy atom. The first-order chi connectivity index (χ1) is 7.04. The smallest absolute Gasteiger partial charge is 0.306 e. The second-order valence-corrected chi connectivity index (χ2v) is 3.15. The number of rotatable bonds is 2. The van der Waals surface area contributed by atoms with Crippen LogP contribution in [0.1, 0.15) is 0 Å². The van der Waals surface area contributed by atoms with Crippen molar-refractivity contribution in [2.75, 3.05) is 19.5 Å². The zero-order chi connectivity index (χ0) is 11.4. The molecule has 1 aromatic rings. The number of anilines is 1. The van der Waals surface area contributed by atoms with Gasteiger partial charge in [0.15, 0.2) is 0 Å². The zero-order valence-corrected chi connectivity index (χ0v) is 9.01. The summed E-state index contributed by atoms with van der Waals surface area (Å²) in [5, 5.41) is 3.41. The van der Waals surface area contributed by atoms with Crippen LogP contribution in [0.15, 0.2) is 18.2 Å². The second-order valence-electron chi connectivity index (χ2n) is 2.74. The number of hydroxylamine groups is 2. The van der Waals surface area contributed by atoms with E-state index in [0.29, 0.717) is 5.69 Å². The van der Waals surface area contributed by atoms with E-state index in [1.54, 1.807) is 0 Å². The van der Waals surface area contributed by atoms with Crippen molar-refractivity contribution in [2.24, 2.45) is 0 Å². The predicted molar refractivity (Wildman–Crippen MR) is 55.2 cm³/mol. The number of carbonyl (C=O) groups is 1. The molecule has 0 saturated heterocycles. The van der Waals surface area contributed by atoms with Crippen LogP contribution in [-0.2, 0) is 4.84 Å². The summed E-state index contributed by atoms with van der Waals surface area (Å²) in [6.07, 6.45) is 0. The van der Waals surface area contributed by atoms with Crippen molar-refractivity contribution in [3.05, 3.63) is 29.0 Å². The van der Waals surface area contributed by atoms with Crippen molar-refractivity contribution in [2.45, 2.75) is 0 Å². The van der Waals surface area contributed by atoms with Gasteiger partial charge in [0.2, 0.25) is 0 Å². The lowest BCUT2D eigenvalue weighted by Crippen LogP contribution is -2.30. The van der Waals surface area contributed by atoms with E-state index in [-0.39, 0.29) is 5.02 Å². The quantitative estimate of drug-likeness (QED) is 0.796. The third kappa shape index (κ3) is 3.07. The monoisotopic (exact) mass is 232 g/mol. The highest BCUT2D eigenvalue weighted by Gasteiger charge is 2.08. The molecule has 0 saturated carbocycles. The first-order valence-corrected chi connectivity index (χ1v) is 4.46. The Morgan fingerprint density at radius 2 is 2.27 bits per heavy atom. The maximum atomic E-state index is 13.0. The van der Waals surface area contributed by atoms with Crippen LogP contribution in [0.4, 0.5) is 14.9 Å². The standard InChI is InChI=1S/C9H10ClFN2O2/c1-13(15-2)9(14)12-6-3-4-7(10)8(11)5-6/h3-5H,1-2H3,(H,12,14). The molecule has 1 N–H and O–H groups in total. The molecule has 0 spiro atoms. The van der Waals surface area contributed by atoms with Gasteiger partial charge in [-0.25, -0.2) is 14.2 Å². The number of amides is 2. The molecule has 0 radical (unpaired) electrons. The predicted octanol–water partition coefficient (Wildman–Crippen LogP) is 2.50. The van der Waals surface area contributed by atoms with E-state index < -0.39 is 11.8 Å². The van der Waals surface area contributed by atoms with Crippen LogP contribution < -0.4 is 5.32 Å². The molecule has 0 aliphatic carbocycles. The van der Waals surface area contributed by atoms with Crippen molar-refractivity contribution in [3.8, 4) is 0 Å². The van der Waals surface area contributed by atoms with E-state index >= 15 is 0 Å². The summed E-state index contributed by atoms with van der Waals surface area (Å²) in [7, 11) is 2.78. The maximum Gasteiger partial charge on any atom is 0.345 e. The molecule has 6 heteroatoms. The van der Waals surface area contributed by atoms with E-state index in [9.17, 15) is 9.18 Å². The van der Waals surface area contributed by atoms with E-state index in [1.165, 1.54) is 26.3 Å². The van der Waals surface area contributed by atoms with Crippen molar-refractivity contribution in [1.82, 2.24) is 5.06 Å². The summed E-state index contributed by atoms with van der Waals surface area (Å²) in [6.45, 7) is 0. The summed E-state index contributed by atoms with van der Waals surface area (Å²) in [5.74, 6) is -0.588. The average molecular weight is 233 g/mol. The van der Waals surface area contributed by atoms with Gasteiger partial charge < -0.3 is 5.32 Å². The van der Waals surface area contributed by atoms with Crippen LogP contribution in [0, 0.1) is 5.82 Å². The minimum Gasteiger partial charge on any atom is -0.306 e. The van der Waals surface area contributed by atoms with Gasteiger partial charge in [-0.3, -0.25) is 4.84 Å². The van der Waals surface area contributed by atoms with Crippen LogP contribution in [0.2, 0.25) is 5.02 Å². The SMILES string of the molecule is CON(C)C(=O)Nc1ccc(Cl)c(F)c1. The fourth-order valence-corrected chi connectivity index (χ4v) is 0.977. The molecule has 0 bridgehead atoms. The summed E-state index contributed by atoms with van der Waals surface area (Å²) >= 11 is 5.48. The molecular formula is C9H10ClFN2O2. The number of hydrogen-bond acceptors (Lipinski definition) is 2. The number of nitrogens with zero attached hydrogens (tertiary/aromatic N) is 1. The molecule has 0 fully saturated rings. The highest BCUT2D eigenvalue weighted by Crippen LogP contribution is 2.18.